The number of hydrogen-bond donors (Lipinski definition) is 1. The maximum absolute atomic E-state index is 5.70. The molecule has 3 nitrogen and oxygen atoms in total. The molecule has 80 valence electrons. The maximum atomic E-state index is 5.70. The number of hydrogen-bond acceptors (Lipinski definition) is 3. The molecular formula is C10H16ClNO2. The number of halogens is 1. The lowest BCUT2D eigenvalue weighted by Gasteiger charge is -2.14. The smallest absolute Gasteiger partial charge is 0.193 e. The van der Waals surface area contributed by atoms with Crippen LogP contribution in [-0.2, 0) is 4.74 Å². The summed E-state index contributed by atoms with van der Waals surface area (Å²) in [5.41, 5.74) is 0. The Morgan fingerprint density at radius 1 is 1.50 bits per heavy atom. The predicted molar refractivity (Wildman–Crippen MR) is 56.6 cm³/mol. The molecule has 0 aromatic carbocycles. The van der Waals surface area contributed by atoms with Crippen molar-refractivity contribution in [1.29, 1.82) is 0 Å². The molecule has 0 spiro atoms. The van der Waals surface area contributed by atoms with Gasteiger partial charge in [-0.2, -0.15) is 0 Å². The second kappa shape index (κ2) is 6.06. The van der Waals surface area contributed by atoms with E-state index in [1.165, 1.54) is 0 Å². The highest BCUT2D eigenvalue weighted by atomic mass is 35.5. The molecule has 0 saturated heterocycles. The first-order valence-corrected chi connectivity index (χ1v) is 5.22. The van der Waals surface area contributed by atoms with Gasteiger partial charge in [0.05, 0.1) is 12.6 Å². The predicted octanol–water partition coefficient (Wildman–Crippen LogP) is 2.62. The average Bonchev–Trinajstić information content (AvgIpc) is 2.59. The summed E-state index contributed by atoms with van der Waals surface area (Å²) in [5.74, 6) is 0.824. The number of furan rings is 1. The topological polar surface area (TPSA) is 34.4 Å². The Balaban J connectivity index is 2.57. The molecule has 0 bridgehead atoms. The zero-order chi connectivity index (χ0) is 10.4. The summed E-state index contributed by atoms with van der Waals surface area (Å²) < 4.78 is 10.7. The summed E-state index contributed by atoms with van der Waals surface area (Å²) in [6.45, 7) is 6.20. The van der Waals surface area contributed by atoms with Gasteiger partial charge in [0.1, 0.15) is 5.76 Å². The molecule has 0 amide bonds. The molecule has 1 atom stereocenters. The van der Waals surface area contributed by atoms with Gasteiger partial charge in [-0.05, 0) is 37.2 Å². The molecule has 1 aromatic rings. The molecule has 0 saturated carbocycles. The van der Waals surface area contributed by atoms with E-state index in [-0.39, 0.29) is 6.04 Å². The van der Waals surface area contributed by atoms with Gasteiger partial charge >= 0.3 is 0 Å². The van der Waals surface area contributed by atoms with Crippen molar-refractivity contribution in [3.63, 3.8) is 0 Å². The van der Waals surface area contributed by atoms with Crippen molar-refractivity contribution in [2.75, 3.05) is 19.8 Å². The first-order chi connectivity index (χ1) is 6.77. The summed E-state index contributed by atoms with van der Waals surface area (Å²) in [4.78, 5) is 0. The van der Waals surface area contributed by atoms with E-state index in [0.29, 0.717) is 18.4 Å². The van der Waals surface area contributed by atoms with Gasteiger partial charge in [0.15, 0.2) is 5.22 Å². The Hall–Kier alpha value is -0.510. The van der Waals surface area contributed by atoms with E-state index < -0.39 is 0 Å². The molecule has 0 radical (unpaired) electrons. The van der Waals surface area contributed by atoms with Crippen LogP contribution in [0.4, 0.5) is 0 Å². The highest BCUT2D eigenvalue weighted by Crippen LogP contribution is 2.20. The SMILES string of the molecule is CCNC(COCC)c1ccc(Cl)o1. The van der Waals surface area contributed by atoms with Gasteiger partial charge < -0.3 is 14.5 Å². The Morgan fingerprint density at radius 2 is 2.29 bits per heavy atom. The monoisotopic (exact) mass is 217 g/mol. The summed E-state index contributed by atoms with van der Waals surface area (Å²) in [6, 6.07) is 3.70. The molecule has 1 aromatic heterocycles. The van der Waals surface area contributed by atoms with Gasteiger partial charge in [0.25, 0.3) is 0 Å². The van der Waals surface area contributed by atoms with Crippen molar-refractivity contribution >= 4 is 11.6 Å². The third-order valence-electron chi connectivity index (χ3n) is 1.88. The third kappa shape index (κ3) is 3.33. The van der Waals surface area contributed by atoms with Gasteiger partial charge in [0, 0.05) is 6.61 Å². The zero-order valence-electron chi connectivity index (χ0n) is 8.55. The van der Waals surface area contributed by atoms with Crippen LogP contribution in [0.15, 0.2) is 16.5 Å². The van der Waals surface area contributed by atoms with E-state index in [9.17, 15) is 0 Å². The van der Waals surface area contributed by atoms with Gasteiger partial charge in [-0.3, -0.25) is 0 Å². The van der Waals surface area contributed by atoms with Crippen LogP contribution in [0, 0.1) is 0 Å². The van der Waals surface area contributed by atoms with E-state index in [0.717, 1.165) is 12.3 Å². The van der Waals surface area contributed by atoms with Crippen LogP contribution in [0.3, 0.4) is 0 Å². The highest BCUT2D eigenvalue weighted by Gasteiger charge is 2.13. The van der Waals surface area contributed by atoms with Crippen molar-refractivity contribution in [3.05, 3.63) is 23.1 Å². The van der Waals surface area contributed by atoms with Gasteiger partial charge in [-0.1, -0.05) is 6.92 Å². The van der Waals surface area contributed by atoms with Crippen LogP contribution in [0.25, 0.3) is 0 Å². The normalized spacial score (nSPS) is 13.1. The lowest BCUT2D eigenvalue weighted by atomic mass is 10.2. The molecular weight excluding hydrogens is 202 g/mol. The maximum Gasteiger partial charge on any atom is 0.193 e. The molecule has 0 aliphatic heterocycles. The number of ether oxygens (including phenoxy) is 1. The van der Waals surface area contributed by atoms with Crippen molar-refractivity contribution in [2.24, 2.45) is 0 Å². The quantitative estimate of drug-likeness (QED) is 0.796. The third-order valence-corrected chi connectivity index (χ3v) is 2.08. The number of likely N-dealkylation sites (N-methyl/N-ethyl adjacent to an activating group) is 1. The first-order valence-electron chi connectivity index (χ1n) is 4.84. The average molecular weight is 218 g/mol. The fourth-order valence-electron chi connectivity index (χ4n) is 1.24. The zero-order valence-corrected chi connectivity index (χ0v) is 9.30. The van der Waals surface area contributed by atoms with Crippen LogP contribution < -0.4 is 5.32 Å². The standard InChI is InChI=1S/C10H16ClNO2/c1-3-12-8(7-13-4-2)9-5-6-10(11)14-9/h5-6,8,12H,3-4,7H2,1-2H3. The second-order valence-corrected chi connectivity index (χ2v) is 3.28. The molecule has 4 heteroatoms. The van der Waals surface area contributed by atoms with Crippen molar-refractivity contribution in [3.8, 4) is 0 Å². The molecule has 1 unspecified atom stereocenters. The molecule has 1 heterocycles. The van der Waals surface area contributed by atoms with Gasteiger partial charge in [-0.15, -0.1) is 0 Å². The summed E-state index contributed by atoms with van der Waals surface area (Å²) in [7, 11) is 0. The first kappa shape index (κ1) is 11.6. The minimum absolute atomic E-state index is 0.0902. The number of nitrogens with one attached hydrogen (secondary N) is 1. The number of rotatable bonds is 6. The Labute approximate surface area is 89.4 Å². The van der Waals surface area contributed by atoms with Crippen LogP contribution >= 0.6 is 11.6 Å². The largest absolute Gasteiger partial charge is 0.448 e. The minimum atomic E-state index is 0.0902. The Morgan fingerprint density at radius 3 is 2.79 bits per heavy atom. The molecule has 1 rings (SSSR count). The lowest BCUT2D eigenvalue weighted by Crippen LogP contribution is -2.24. The van der Waals surface area contributed by atoms with E-state index in [1.807, 2.05) is 19.9 Å². The van der Waals surface area contributed by atoms with Crippen molar-refractivity contribution < 1.29 is 9.15 Å². The fraction of sp³-hybridized carbons (Fsp3) is 0.600. The summed E-state index contributed by atoms with van der Waals surface area (Å²) in [5, 5.41) is 3.69. The van der Waals surface area contributed by atoms with Crippen LogP contribution in [0.5, 0.6) is 0 Å². The van der Waals surface area contributed by atoms with Crippen molar-refractivity contribution in [2.45, 2.75) is 19.9 Å². The highest BCUT2D eigenvalue weighted by molar-refractivity contribution is 6.28. The van der Waals surface area contributed by atoms with E-state index in [1.54, 1.807) is 6.07 Å². The summed E-state index contributed by atoms with van der Waals surface area (Å²) >= 11 is 5.70. The van der Waals surface area contributed by atoms with Gasteiger partial charge in [-0.25, -0.2) is 0 Å². The van der Waals surface area contributed by atoms with E-state index in [2.05, 4.69) is 5.32 Å². The molecule has 0 aliphatic carbocycles. The van der Waals surface area contributed by atoms with Crippen molar-refractivity contribution in [1.82, 2.24) is 5.32 Å². The molecule has 0 aliphatic rings. The van der Waals surface area contributed by atoms with Crippen LogP contribution in [-0.4, -0.2) is 19.8 Å². The van der Waals surface area contributed by atoms with Crippen LogP contribution in [0.2, 0.25) is 5.22 Å². The molecule has 14 heavy (non-hydrogen) atoms. The van der Waals surface area contributed by atoms with E-state index in [4.69, 9.17) is 20.8 Å². The summed E-state index contributed by atoms with van der Waals surface area (Å²) in [6.07, 6.45) is 0. The fourth-order valence-corrected chi connectivity index (χ4v) is 1.39. The van der Waals surface area contributed by atoms with Crippen LogP contribution in [0.1, 0.15) is 25.6 Å². The molecule has 1 N–H and O–H groups in total. The van der Waals surface area contributed by atoms with E-state index >= 15 is 0 Å². The molecule has 0 fully saturated rings. The minimum Gasteiger partial charge on any atom is -0.448 e. The van der Waals surface area contributed by atoms with Gasteiger partial charge in [0.2, 0.25) is 0 Å². The lowest BCUT2D eigenvalue weighted by molar-refractivity contribution is 0.116. The Kier molecular flexibility index (Phi) is 5.01. The second-order valence-electron chi connectivity index (χ2n) is 2.91. The Bertz CT molecular complexity index is 262.